The fourth-order valence-corrected chi connectivity index (χ4v) is 0.896. The average Bonchev–Trinajstić information content (AvgIpc) is 2.03. The lowest BCUT2D eigenvalue weighted by Gasteiger charge is -2.20. The first-order valence-electron chi connectivity index (χ1n) is 4.70. The minimum absolute atomic E-state index is 0.0392. The number of carbonyl (C=O) groups excluding carboxylic acids is 1. The van der Waals surface area contributed by atoms with Crippen LogP contribution in [0.3, 0.4) is 0 Å². The number of hydrogen-bond acceptors (Lipinski definition) is 1. The van der Waals surface area contributed by atoms with Gasteiger partial charge in [-0.1, -0.05) is 26.2 Å². The van der Waals surface area contributed by atoms with Gasteiger partial charge in [0.15, 0.2) is 0 Å². The molecule has 0 saturated carbocycles. The van der Waals surface area contributed by atoms with E-state index >= 15 is 0 Å². The second-order valence-electron chi connectivity index (χ2n) is 4.04. The number of terminal acetylenes is 1. The first kappa shape index (κ1) is 12.0. The Hall–Kier alpha value is -0.970. The molecule has 0 fully saturated rings. The van der Waals surface area contributed by atoms with Crippen LogP contribution < -0.4 is 5.32 Å². The van der Waals surface area contributed by atoms with Crippen molar-refractivity contribution in [2.24, 2.45) is 5.92 Å². The molecule has 0 radical (unpaired) electrons. The summed E-state index contributed by atoms with van der Waals surface area (Å²) >= 11 is 0. The second-order valence-corrected chi connectivity index (χ2v) is 4.04. The Balaban J connectivity index is 3.97. The van der Waals surface area contributed by atoms with Gasteiger partial charge >= 0.3 is 0 Å². The van der Waals surface area contributed by atoms with Crippen LogP contribution in [0, 0.1) is 18.3 Å². The molecule has 1 amide bonds. The smallest absolute Gasteiger partial charge is 0.221 e. The molecular weight excluding hydrogens is 162 g/mol. The van der Waals surface area contributed by atoms with Crippen LogP contribution in [0.1, 0.15) is 40.5 Å². The van der Waals surface area contributed by atoms with Crippen LogP contribution in [0.2, 0.25) is 0 Å². The Bertz CT molecular complexity index is 213. The van der Waals surface area contributed by atoms with Crippen molar-refractivity contribution >= 4 is 5.91 Å². The maximum atomic E-state index is 11.4. The number of rotatable bonds is 4. The molecule has 74 valence electrons. The Morgan fingerprint density at radius 2 is 2.15 bits per heavy atom. The summed E-state index contributed by atoms with van der Waals surface area (Å²) in [6.45, 7) is 7.77. The molecule has 0 aromatic carbocycles. The molecule has 0 spiro atoms. The molecule has 1 N–H and O–H groups in total. The molecule has 0 aliphatic carbocycles. The lowest BCUT2D eigenvalue weighted by atomic mass is 10.0. The Labute approximate surface area is 81.1 Å². The predicted octanol–water partition coefficient (Wildman–Crippen LogP) is 1.95. The Kier molecular flexibility index (Phi) is 4.55. The maximum absolute atomic E-state index is 11.4. The molecular formula is C11H19NO. The highest BCUT2D eigenvalue weighted by molar-refractivity contribution is 5.77. The zero-order chi connectivity index (χ0) is 10.5. The van der Waals surface area contributed by atoms with Crippen molar-refractivity contribution in [2.45, 2.75) is 46.1 Å². The molecule has 0 bridgehead atoms. The lowest BCUT2D eigenvalue weighted by Crippen LogP contribution is -2.42. The van der Waals surface area contributed by atoms with Crippen molar-refractivity contribution in [3.63, 3.8) is 0 Å². The fourth-order valence-electron chi connectivity index (χ4n) is 0.896. The number of hydrogen-bond donors (Lipinski definition) is 1. The fraction of sp³-hybridized carbons (Fsp3) is 0.727. The molecule has 2 heteroatoms. The summed E-state index contributed by atoms with van der Waals surface area (Å²) in [5.41, 5.74) is -0.523. The van der Waals surface area contributed by atoms with Crippen LogP contribution in [-0.4, -0.2) is 11.4 Å². The number of carbonyl (C=O) groups is 1. The number of amides is 1. The van der Waals surface area contributed by atoms with Gasteiger partial charge in [-0.05, 0) is 19.8 Å². The quantitative estimate of drug-likeness (QED) is 0.660. The first-order chi connectivity index (χ1) is 5.91. The minimum Gasteiger partial charge on any atom is -0.340 e. The van der Waals surface area contributed by atoms with E-state index in [-0.39, 0.29) is 5.91 Å². The zero-order valence-electron chi connectivity index (χ0n) is 8.98. The summed E-state index contributed by atoms with van der Waals surface area (Å²) in [7, 11) is 0. The summed E-state index contributed by atoms with van der Waals surface area (Å²) in [5, 5.41) is 2.80. The van der Waals surface area contributed by atoms with Crippen molar-refractivity contribution in [3.8, 4) is 12.3 Å². The van der Waals surface area contributed by atoms with Gasteiger partial charge in [-0.25, -0.2) is 0 Å². The van der Waals surface area contributed by atoms with Gasteiger partial charge in [0.05, 0.1) is 5.54 Å². The predicted molar refractivity (Wildman–Crippen MR) is 55.1 cm³/mol. The van der Waals surface area contributed by atoms with Crippen molar-refractivity contribution < 1.29 is 4.79 Å². The average molecular weight is 181 g/mol. The van der Waals surface area contributed by atoms with E-state index in [4.69, 9.17) is 6.42 Å². The number of nitrogens with one attached hydrogen (secondary N) is 1. The Morgan fingerprint density at radius 3 is 2.54 bits per heavy atom. The highest BCUT2D eigenvalue weighted by Crippen LogP contribution is 2.07. The van der Waals surface area contributed by atoms with E-state index in [1.807, 2.05) is 13.8 Å². The van der Waals surface area contributed by atoms with Crippen LogP contribution in [0.25, 0.3) is 0 Å². The normalized spacial score (nSPS) is 13.2. The maximum Gasteiger partial charge on any atom is 0.221 e. The van der Waals surface area contributed by atoms with E-state index in [9.17, 15) is 4.79 Å². The van der Waals surface area contributed by atoms with E-state index < -0.39 is 5.54 Å². The third-order valence-corrected chi connectivity index (χ3v) is 2.04. The van der Waals surface area contributed by atoms with Gasteiger partial charge in [0.2, 0.25) is 5.91 Å². The summed E-state index contributed by atoms with van der Waals surface area (Å²) in [6.07, 6.45) is 6.83. The molecule has 2 nitrogen and oxygen atoms in total. The van der Waals surface area contributed by atoms with E-state index in [1.54, 1.807) is 0 Å². The van der Waals surface area contributed by atoms with Gasteiger partial charge in [0, 0.05) is 6.42 Å². The molecule has 0 aromatic rings. The SMILES string of the molecule is C#CC(C)(C)NC(=O)CC(C)CC. The molecule has 0 aromatic heterocycles. The summed E-state index contributed by atoms with van der Waals surface area (Å²) in [4.78, 5) is 11.4. The van der Waals surface area contributed by atoms with Gasteiger partial charge < -0.3 is 5.32 Å². The monoisotopic (exact) mass is 181 g/mol. The second kappa shape index (κ2) is 4.91. The van der Waals surface area contributed by atoms with Crippen LogP contribution >= 0.6 is 0 Å². The highest BCUT2D eigenvalue weighted by atomic mass is 16.1. The van der Waals surface area contributed by atoms with Gasteiger partial charge in [0.1, 0.15) is 0 Å². The van der Waals surface area contributed by atoms with Crippen molar-refractivity contribution in [1.82, 2.24) is 5.32 Å². The van der Waals surface area contributed by atoms with Crippen LogP contribution in [0.5, 0.6) is 0 Å². The van der Waals surface area contributed by atoms with Crippen molar-refractivity contribution in [3.05, 3.63) is 0 Å². The molecule has 0 aliphatic heterocycles. The first-order valence-corrected chi connectivity index (χ1v) is 4.70. The molecule has 0 rings (SSSR count). The van der Waals surface area contributed by atoms with Gasteiger partial charge in [-0.2, -0.15) is 0 Å². The van der Waals surface area contributed by atoms with Crippen LogP contribution in [0.15, 0.2) is 0 Å². The molecule has 0 heterocycles. The standard InChI is InChI=1S/C11H19NO/c1-6-9(3)8-10(13)12-11(4,5)7-2/h2,9H,6,8H2,1,3-5H3,(H,12,13). The minimum atomic E-state index is -0.523. The summed E-state index contributed by atoms with van der Waals surface area (Å²) in [5.74, 6) is 3.00. The molecule has 1 unspecified atom stereocenters. The molecule has 0 aliphatic rings. The van der Waals surface area contributed by atoms with Crippen LogP contribution in [0.4, 0.5) is 0 Å². The largest absolute Gasteiger partial charge is 0.340 e. The van der Waals surface area contributed by atoms with Gasteiger partial charge in [-0.15, -0.1) is 6.42 Å². The summed E-state index contributed by atoms with van der Waals surface area (Å²) < 4.78 is 0. The van der Waals surface area contributed by atoms with E-state index in [1.165, 1.54) is 0 Å². The van der Waals surface area contributed by atoms with E-state index in [0.717, 1.165) is 6.42 Å². The zero-order valence-corrected chi connectivity index (χ0v) is 8.98. The molecule has 0 saturated heterocycles. The van der Waals surface area contributed by atoms with Crippen LogP contribution in [-0.2, 0) is 4.79 Å². The van der Waals surface area contributed by atoms with Gasteiger partial charge in [-0.3, -0.25) is 4.79 Å². The third-order valence-electron chi connectivity index (χ3n) is 2.04. The highest BCUT2D eigenvalue weighted by Gasteiger charge is 2.17. The molecule has 1 atom stereocenters. The van der Waals surface area contributed by atoms with Crippen molar-refractivity contribution in [2.75, 3.05) is 0 Å². The lowest BCUT2D eigenvalue weighted by molar-refractivity contribution is -0.122. The van der Waals surface area contributed by atoms with Gasteiger partial charge in [0.25, 0.3) is 0 Å². The topological polar surface area (TPSA) is 29.1 Å². The third kappa shape index (κ3) is 5.30. The Morgan fingerprint density at radius 1 is 1.62 bits per heavy atom. The van der Waals surface area contributed by atoms with E-state index in [0.29, 0.717) is 12.3 Å². The van der Waals surface area contributed by atoms with E-state index in [2.05, 4.69) is 25.1 Å². The summed E-state index contributed by atoms with van der Waals surface area (Å²) in [6, 6.07) is 0. The molecule has 13 heavy (non-hydrogen) atoms. The van der Waals surface area contributed by atoms with Crippen molar-refractivity contribution in [1.29, 1.82) is 0 Å².